The number of aliphatic imine (C=N–C) groups is 1. The summed E-state index contributed by atoms with van der Waals surface area (Å²) >= 11 is 3.13. The molecule has 2 N–H and O–H groups in total. The molecular formula is C25H38N4O4S2. The lowest BCUT2D eigenvalue weighted by Gasteiger charge is -2.31. The highest BCUT2D eigenvalue weighted by Gasteiger charge is 2.36. The fourth-order valence-electron chi connectivity index (χ4n) is 4.45. The van der Waals surface area contributed by atoms with E-state index in [2.05, 4.69) is 29.1 Å². The van der Waals surface area contributed by atoms with Crippen LogP contribution in [0, 0.1) is 24.7 Å². The highest BCUT2D eigenvalue weighted by atomic mass is 32.2. The molecule has 2 amide bonds. The number of carboxylic acids is 1. The summed E-state index contributed by atoms with van der Waals surface area (Å²) in [6.07, 6.45) is 4.43. The van der Waals surface area contributed by atoms with Crippen LogP contribution in [0.4, 0.5) is 0 Å². The molecule has 2 aliphatic rings. The molecule has 0 spiro atoms. The lowest BCUT2D eigenvalue weighted by Crippen LogP contribution is -2.43. The van der Waals surface area contributed by atoms with Crippen molar-refractivity contribution in [2.75, 3.05) is 12.8 Å². The molecule has 0 radical (unpaired) electrons. The Bertz CT molecular complexity index is 944. The van der Waals surface area contributed by atoms with Crippen LogP contribution in [0.2, 0.25) is 0 Å². The van der Waals surface area contributed by atoms with E-state index < -0.39 is 17.9 Å². The number of thioether (sulfide) groups is 1. The normalized spacial score (nSPS) is 20.3. The van der Waals surface area contributed by atoms with Gasteiger partial charge in [0.05, 0.1) is 16.0 Å². The van der Waals surface area contributed by atoms with Crippen LogP contribution in [-0.2, 0) is 20.8 Å². The Morgan fingerprint density at radius 3 is 2.54 bits per heavy atom. The topological polar surface area (TPSA) is 112 Å². The van der Waals surface area contributed by atoms with Crippen molar-refractivity contribution in [3.8, 4) is 0 Å². The number of aryl methyl sites for hydroxylation is 1. The molecule has 194 valence electrons. The lowest BCUT2D eigenvalue weighted by atomic mass is 9.97. The molecule has 3 rings (SSSR count). The van der Waals surface area contributed by atoms with Gasteiger partial charge in [-0.25, -0.2) is 4.98 Å². The van der Waals surface area contributed by atoms with Gasteiger partial charge in [-0.1, -0.05) is 20.8 Å². The number of carbonyl (C=O) groups is 3. The summed E-state index contributed by atoms with van der Waals surface area (Å²) in [5.74, 6) is -0.216. The highest BCUT2D eigenvalue weighted by molar-refractivity contribution is 8.14. The van der Waals surface area contributed by atoms with Crippen LogP contribution in [0.5, 0.6) is 0 Å². The van der Waals surface area contributed by atoms with Gasteiger partial charge < -0.3 is 15.3 Å². The van der Waals surface area contributed by atoms with Crippen LogP contribution in [0.15, 0.2) is 10.4 Å². The third-order valence-electron chi connectivity index (χ3n) is 6.70. The summed E-state index contributed by atoms with van der Waals surface area (Å²) in [7, 11) is 1.91. The fourth-order valence-corrected chi connectivity index (χ4v) is 6.34. The van der Waals surface area contributed by atoms with Crippen molar-refractivity contribution >= 4 is 45.9 Å². The predicted octanol–water partition coefficient (Wildman–Crippen LogP) is 3.78. The molecule has 1 aromatic heterocycles. The summed E-state index contributed by atoms with van der Waals surface area (Å²) in [5.41, 5.74) is 0.923. The Kier molecular flexibility index (Phi) is 9.75. The first kappa shape index (κ1) is 27.6. The second-order valence-electron chi connectivity index (χ2n) is 10.2. The van der Waals surface area contributed by atoms with Crippen molar-refractivity contribution in [2.24, 2.45) is 22.7 Å². The van der Waals surface area contributed by atoms with Gasteiger partial charge in [0.25, 0.3) is 0 Å². The van der Waals surface area contributed by atoms with Crippen molar-refractivity contribution in [3.63, 3.8) is 0 Å². The molecule has 1 saturated carbocycles. The van der Waals surface area contributed by atoms with E-state index in [1.165, 1.54) is 11.3 Å². The minimum Gasteiger partial charge on any atom is -0.481 e. The van der Waals surface area contributed by atoms with Crippen LogP contribution >= 0.6 is 23.1 Å². The van der Waals surface area contributed by atoms with Gasteiger partial charge in [0.15, 0.2) is 0 Å². The van der Waals surface area contributed by atoms with Crippen molar-refractivity contribution < 1.29 is 19.5 Å². The minimum absolute atomic E-state index is 0.155. The summed E-state index contributed by atoms with van der Waals surface area (Å²) in [5, 5.41) is 16.2. The first-order valence-corrected chi connectivity index (χ1v) is 14.3. The van der Waals surface area contributed by atoms with E-state index in [1.54, 1.807) is 18.7 Å². The molecule has 8 nitrogen and oxygen atoms in total. The number of carbonyl (C=O) groups excluding carboxylic acids is 2. The molecule has 4 atom stereocenters. The van der Waals surface area contributed by atoms with E-state index in [-0.39, 0.29) is 29.8 Å². The van der Waals surface area contributed by atoms with Crippen molar-refractivity contribution in [3.05, 3.63) is 16.1 Å². The van der Waals surface area contributed by atoms with Gasteiger partial charge in [0.2, 0.25) is 11.8 Å². The van der Waals surface area contributed by atoms with E-state index in [9.17, 15) is 19.5 Å². The number of carboxylic acid groups (broad SMARTS) is 1. The van der Waals surface area contributed by atoms with Crippen molar-refractivity contribution in [1.82, 2.24) is 15.2 Å². The molecule has 35 heavy (non-hydrogen) atoms. The third kappa shape index (κ3) is 8.03. The molecule has 2 heterocycles. The van der Waals surface area contributed by atoms with Gasteiger partial charge >= 0.3 is 5.97 Å². The van der Waals surface area contributed by atoms with E-state index in [0.29, 0.717) is 24.5 Å². The van der Waals surface area contributed by atoms with Crippen LogP contribution in [-0.4, -0.2) is 68.7 Å². The van der Waals surface area contributed by atoms with Gasteiger partial charge in [-0.15, -0.1) is 23.1 Å². The summed E-state index contributed by atoms with van der Waals surface area (Å²) in [6, 6.07) is -0.627. The number of hydrogen-bond donors (Lipinski definition) is 2. The van der Waals surface area contributed by atoms with Crippen LogP contribution < -0.4 is 5.32 Å². The van der Waals surface area contributed by atoms with Crippen molar-refractivity contribution in [2.45, 2.75) is 84.3 Å². The largest absolute Gasteiger partial charge is 0.481 e. The SMILES string of the molecule is Cc1csc(C[C@@H](C[C@H](C)C(=O)O)NC(=O)C2CSC(CCC(C(C)C)N(C)C(=O)C3CC3)=N2)n1. The third-order valence-corrected chi connectivity index (χ3v) is 8.81. The second kappa shape index (κ2) is 12.3. The molecule has 0 saturated heterocycles. The molecule has 1 fully saturated rings. The zero-order valence-electron chi connectivity index (χ0n) is 21.3. The van der Waals surface area contributed by atoms with Crippen molar-refractivity contribution in [1.29, 1.82) is 0 Å². The van der Waals surface area contributed by atoms with Gasteiger partial charge in [-0.3, -0.25) is 19.4 Å². The Morgan fingerprint density at radius 1 is 1.26 bits per heavy atom. The fraction of sp³-hybridized carbons (Fsp3) is 0.720. The van der Waals surface area contributed by atoms with Crippen LogP contribution in [0.3, 0.4) is 0 Å². The first-order valence-electron chi connectivity index (χ1n) is 12.5. The maximum absolute atomic E-state index is 13.0. The Labute approximate surface area is 216 Å². The number of hydrogen-bond acceptors (Lipinski definition) is 7. The Balaban J connectivity index is 1.57. The van der Waals surface area contributed by atoms with Gasteiger partial charge in [0, 0.05) is 48.3 Å². The maximum atomic E-state index is 13.0. The number of aliphatic carboxylic acids is 1. The Morgan fingerprint density at radius 2 is 1.97 bits per heavy atom. The van der Waals surface area contributed by atoms with Gasteiger partial charge in [-0.2, -0.15) is 0 Å². The molecule has 2 unspecified atom stereocenters. The number of nitrogens with zero attached hydrogens (tertiary/aromatic N) is 3. The summed E-state index contributed by atoms with van der Waals surface area (Å²) in [4.78, 5) is 48.0. The standard InChI is InChI=1S/C25H38N4O4S2/c1-14(2)20(29(5)24(31)17-6-7-17)8-9-21-28-19(13-35-21)23(30)27-18(10-15(3)25(32)33)11-22-26-16(4)12-34-22/h12,14-15,17-20H,6-11,13H2,1-5H3,(H,27,30)(H,32,33)/t15-,18+,19?,20?/m0/s1. The van der Waals surface area contributed by atoms with E-state index in [4.69, 9.17) is 0 Å². The van der Waals surface area contributed by atoms with E-state index in [1.807, 2.05) is 24.3 Å². The number of thiazole rings is 1. The molecular weight excluding hydrogens is 484 g/mol. The van der Waals surface area contributed by atoms with Gasteiger partial charge in [0.1, 0.15) is 6.04 Å². The quantitative estimate of drug-likeness (QED) is 0.408. The van der Waals surface area contributed by atoms with Crippen LogP contribution in [0.1, 0.15) is 63.6 Å². The number of aromatic nitrogens is 1. The monoisotopic (exact) mass is 522 g/mol. The molecule has 1 aromatic rings. The molecule has 10 heteroatoms. The molecule has 0 aromatic carbocycles. The summed E-state index contributed by atoms with van der Waals surface area (Å²) < 4.78 is 0. The highest BCUT2D eigenvalue weighted by Crippen LogP contribution is 2.33. The molecule has 1 aliphatic heterocycles. The lowest BCUT2D eigenvalue weighted by molar-refractivity contribution is -0.141. The molecule has 0 bridgehead atoms. The first-order chi connectivity index (χ1) is 16.5. The smallest absolute Gasteiger partial charge is 0.306 e. The van der Waals surface area contributed by atoms with E-state index in [0.717, 1.165) is 41.4 Å². The van der Waals surface area contributed by atoms with E-state index >= 15 is 0 Å². The van der Waals surface area contributed by atoms with Gasteiger partial charge in [-0.05, 0) is 44.9 Å². The predicted molar refractivity (Wildman–Crippen MR) is 141 cm³/mol. The number of rotatable bonds is 13. The zero-order valence-corrected chi connectivity index (χ0v) is 23.0. The average molecular weight is 523 g/mol. The number of nitrogens with one attached hydrogen (secondary N) is 1. The summed E-state index contributed by atoms with van der Waals surface area (Å²) in [6.45, 7) is 7.86. The van der Waals surface area contributed by atoms with Crippen LogP contribution in [0.25, 0.3) is 0 Å². The molecule has 1 aliphatic carbocycles. The maximum Gasteiger partial charge on any atom is 0.306 e. The number of amides is 2. The second-order valence-corrected chi connectivity index (χ2v) is 12.2. The Hall–Kier alpha value is -1.94. The zero-order chi connectivity index (χ0) is 25.7. The minimum atomic E-state index is -0.874. The average Bonchev–Trinajstić information content (AvgIpc) is 3.40.